The Bertz CT molecular complexity index is 1720. The molecule has 200 valence electrons. The summed E-state index contributed by atoms with van der Waals surface area (Å²) in [5.41, 5.74) is 2.58. The predicted octanol–water partition coefficient (Wildman–Crippen LogP) is 4.90. The molecule has 4 heterocycles. The molecule has 0 bridgehead atoms. The van der Waals surface area contributed by atoms with Crippen molar-refractivity contribution in [2.75, 3.05) is 25.5 Å². The van der Waals surface area contributed by atoms with Gasteiger partial charge < -0.3 is 24.8 Å². The second-order valence-electron chi connectivity index (χ2n) is 9.03. The normalized spacial score (nSPS) is 19.0. The molecule has 1 aliphatic rings. The summed E-state index contributed by atoms with van der Waals surface area (Å²) in [6.45, 7) is 1.47. The van der Waals surface area contributed by atoms with Crippen molar-refractivity contribution in [2.45, 2.75) is 25.3 Å². The maximum Gasteiger partial charge on any atom is 0.296 e. The Hall–Kier alpha value is -4.58. The number of pyridine rings is 1. The SMILES string of the molecule is [2H]C1(Oc2cc(OC)cc3ncnc(Nc4ccc(Oc5ccn6ncnc6c5)c(C)c4)c23)CCNCC1(F)F. The van der Waals surface area contributed by atoms with E-state index in [2.05, 4.69) is 30.7 Å². The van der Waals surface area contributed by atoms with Crippen LogP contribution in [0.2, 0.25) is 0 Å². The van der Waals surface area contributed by atoms with Crippen molar-refractivity contribution < 1.29 is 24.4 Å². The molecular weight excluding hydrogens is 508 g/mol. The number of methoxy groups -OCH3 is 1. The topological polar surface area (TPSA) is 108 Å². The highest BCUT2D eigenvalue weighted by Crippen LogP contribution is 2.39. The lowest BCUT2D eigenvalue weighted by atomic mass is 10.1. The number of nitrogens with one attached hydrogen (secondary N) is 2. The Kier molecular flexibility index (Phi) is 6.00. The van der Waals surface area contributed by atoms with Crippen molar-refractivity contribution >= 4 is 28.1 Å². The zero-order valence-electron chi connectivity index (χ0n) is 22.1. The molecular formula is C27H25F2N7O3. The molecule has 0 amide bonds. The molecule has 5 aromatic rings. The molecule has 0 aliphatic carbocycles. The largest absolute Gasteiger partial charge is 0.497 e. The van der Waals surface area contributed by atoms with Crippen molar-refractivity contribution in [1.82, 2.24) is 29.9 Å². The van der Waals surface area contributed by atoms with Crippen LogP contribution < -0.4 is 24.8 Å². The van der Waals surface area contributed by atoms with Crippen LogP contribution in [0, 0.1) is 6.92 Å². The Morgan fingerprint density at radius 1 is 1.08 bits per heavy atom. The lowest BCUT2D eigenvalue weighted by Gasteiger charge is -2.32. The van der Waals surface area contributed by atoms with E-state index in [1.807, 2.05) is 25.1 Å². The molecule has 0 radical (unpaired) electrons. The third kappa shape index (κ3) is 4.98. The van der Waals surface area contributed by atoms with E-state index in [1.165, 1.54) is 25.8 Å². The van der Waals surface area contributed by atoms with Gasteiger partial charge in [-0.3, -0.25) is 0 Å². The summed E-state index contributed by atoms with van der Waals surface area (Å²) in [6, 6.07) is 12.2. The van der Waals surface area contributed by atoms with E-state index in [-0.39, 0.29) is 18.7 Å². The molecule has 0 saturated carbocycles. The van der Waals surface area contributed by atoms with E-state index >= 15 is 0 Å². The van der Waals surface area contributed by atoms with Crippen LogP contribution in [0.3, 0.4) is 0 Å². The highest BCUT2D eigenvalue weighted by atomic mass is 19.3. The van der Waals surface area contributed by atoms with Crippen LogP contribution in [0.5, 0.6) is 23.0 Å². The number of nitrogens with zero attached hydrogens (tertiary/aromatic N) is 5. The van der Waals surface area contributed by atoms with Crippen LogP contribution in [0.1, 0.15) is 13.4 Å². The van der Waals surface area contributed by atoms with E-state index in [0.29, 0.717) is 45.3 Å². The fourth-order valence-corrected chi connectivity index (χ4v) is 4.38. The number of hydrogen-bond donors (Lipinski definition) is 2. The summed E-state index contributed by atoms with van der Waals surface area (Å²) < 4.78 is 56.9. The number of anilines is 2. The van der Waals surface area contributed by atoms with E-state index < -0.39 is 18.5 Å². The maximum absolute atomic E-state index is 14.8. The zero-order valence-corrected chi connectivity index (χ0v) is 21.1. The Morgan fingerprint density at radius 3 is 2.79 bits per heavy atom. The molecule has 2 aromatic carbocycles. The van der Waals surface area contributed by atoms with Gasteiger partial charge in [0.05, 0.1) is 25.9 Å². The molecule has 3 aromatic heterocycles. The standard InChI is InChI=1S/C27H25F2N7O3/c1-16-9-17(3-4-21(16)38-18-6-8-36-24(12-18)32-15-34-36)35-26-25-20(31-14-33-26)10-19(37-2)11-22(25)39-23-5-7-30-13-27(23,28)29/h3-4,6,8-12,14-15,23,30H,5,7,13H2,1-2H3,(H,31,33,35)/i23D. The summed E-state index contributed by atoms with van der Waals surface area (Å²) in [7, 11) is 1.46. The first-order valence-electron chi connectivity index (χ1n) is 12.7. The first-order chi connectivity index (χ1) is 19.2. The fraction of sp³-hybridized carbons (Fsp3) is 0.259. The number of aryl methyl sites for hydroxylation is 1. The van der Waals surface area contributed by atoms with E-state index in [4.69, 9.17) is 15.6 Å². The van der Waals surface area contributed by atoms with Crippen molar-refractivity contribution in [3.63, 3.8) is 0 Å². The lowest BCUT2D eigenvalue weighted by Crippen LogP contribution is -2.52. The second kappa shape index (κ2) is 9.95. The molecule has 12 heteroatoms. The van der Waals surface area contributed by atoms with Gasteiger partial charge in [-0.1, -0.05) is 0 Å². The average molecular weight is 535 g/mol. The smallest absolute Gasteiger partial charge is 0.296 e. The summed E-state index contributed by atoms with van der Waals surface area (Å²) in [5.74, 6) is -1.46. The molecule has 2 N–H and O–H groups in total. The minimum Gasteiger partial charge on any atom is -0.497 e. The van der Waals surface area contributed by atoms with Gasteiger partial charge in [0.25, 0.3) is 5.92 Å². The van der Waals surface area contributed by atoms with Gasteiger partial charge in [0.15, 0.2) is 11.7 Å². The Morgan fingerprint density at radius 2 is 1.97 bits per heavy atom. The summed E-state index contributed by atoms with van der Waals surface area (Å²) >= 11 is 0. The van der Waals surface area contributed by atoms with Gasteiger partial charge in [-0.2, -0.15) is 5.10 Å². The van der Waals surface area contributed by atoms with Gasteiger partial charge in [0.1, 0.15) is 41.5 Å². The number of rotatable bonds is 7. The quantitative estimate of drug-likeness (QED) is 0.301. The first-order valence-corrected chi connectivity index (χ1v) is 12.2. The van der Waals surface area contributed by atoms with E-state index in [9.17, 15) is 8.78 Å². The van der Waals surface area contributed by atoms with Gasteiger partial charge >= 0.3 is 0 Å². The molecule has 1 aliphatic heterocycles. The van der Waals surface area contributed by atoms with Gasteiger partial charge in [0, 0.05) is 36.5 Å². The minimum absolute atomic E-state index is 0.0228. The number of ether oxygens (including phenoxy) is 3. The van der Waals surface area contributed by atoms with Crippen LogP contribution in [0.15, 0.2) is 61.3 Å². The fourth-order valence-electron chi connectivity index (χ4n) is 4.38. The second-order valence-corrected chi connectivity index (χ2v) is 9.03. The molecule has 6 rings (SSSR count). The monoisotopic (exact) mass is 534 g/mol. The Balaban J connectivity index is 1.32. The number of fused-ring (bicyclic) bond motifs is 2. The van der Waals surface area contributed by atoms with Crippen molar-refractivity contribution in [3.05, 3.63) is 66.9 Å². The van der Waals surface area contributed by atoms with Gasteiger partial charge in [-0.15, -0.1) is 0 Å². The minimum atomic E-state index is -3.42. The molecule has 0 spiro atoms. The maximum atomic E-state index is 14.8. The molecule has 1 fully saturated rings. The molecule has 1 atom stereocenters. The number of alkyl halides is 2. The van der Waals surface area contributed by atoms with E-state index in [1.54, 1.807) is 28.9 Å². The highest BCUT2D eigenvalue weighted by Gasteiger charge is 2.43. The molecule has 39 heavy (non-hydrogen) atoms. The third-order valence-corrected chi connectivity index (χ3v) is 6.35. The Labute approximate surface area is 223 Å². The molecule has 10 nitrogen and oxygen atoms in total. The first kappa shape index (κ1) is 23.5. The highest BCUT2D eigenvalue weighted by molar-refractivity contribution is 5.96. The summed E-state index contributed by atoms with van der Waals surface area (Å²) in [4.78, 5) is 12.8. The van der Waals surface area contributed by atoms with Crippen molar-refractivity contribution in [1.29, 1.82) is 0 Å². The van der Waals surface area contributed by atoms with Crippen LogP contribution in [-0.2, 0) is 0 Å². The van der Waals surface area contributed by atoms with Crippen LogP contribution in [0.4, 0.5) is 20.3 Å². The van der Waals surface area contributed by atoms with Crippen LogP contribution in [-0.4, -0.2) is 56.8 Å². The van der Waals surface area contributed by atoms with E-state index in [0.717, 1.165) is 5.56 Å². The molecule has 1 unspecified atom stereocenters. The molecule has 1 saturated heterocycles. The number of piperidine rings is 1. The number of hydrogen-bond acceptors (Lipinski definition) is 9. The van der Waals surface area contributed by atoms with Gasteiger partial charge in [0.2, 0.25) is 0 Å². The number of benzene rings is 2. The number of aromatic nitrogens is 5. The summed E-state index contributed by atoms with van der Waals surface area (Å²) in [6.07, 6.45) is 1.90. The third-order valence-electron chi connectivity index (χ3n) is 6.35. The number of halogens is 2. The van der Waals surface area contributed by atoms with Crippen molar-refractivity contribution in [3.8, 4) is 23.0 Å². The van der Waals surface area contributed by atoms with Crippen LogP contribution in [0.25, 0.3) is 16.6 Å². The average Bonchev–Trinajstić information content (AvgIpc) is 3.40. The van der Waals surface area contributed by atoms with Gasteiger partial charge in [-0.25, -0.2) is 28.2 Å². The lowest BCUT2D eigenvalue weighted by molar-refractivity contribution is -0.108. The predicted molar refractivity (Wildman–Crippen MR) is 140 cm³/mol. The van der Waals surface area contributed by atoms with Crippen LogP contribution >= 0.6 is 0 Å². The van der Waals surface area contributed by atoms with Gasteiger partial charge in [-0.05, 0) is 43.3 Å². The van der Waals surface area contributed by atoms with Crippen molar-refractivity contribution in [2.24, 2.45) is 0 Å². The zero-order chi connectivity index (χ0) is 27.9. The summed E-state index contributed by atoms with van der Waals surface area (Å²) in [5, 5.41) is 10.3.